The summed E-state index contributed by atoms with van der Waals surface area (Å²) in [5.41, 5.74) is -4.20. The Balaban J connectivity index is 1.22. The zero-order valence-electron chi connectivity index (χ0n) is 23.9. The van der Waals surface area contributed by atoms with Gasteiger partial charge in [-0.05, 0) is 36.2 Å². The molecule has 43 heavy (non-hydrogen) atoms. The van der Waals surface area contributed by atoms with Gasteiger partial charge in [-0.2, -0.15) is 26.3 Å². The smallest absolute Gasteiger partial charge is 0.432 e. The highest BCUT2D eigenvalue weighted by atomic mass is 19.4. The number of anilines is 1. The largest absolute Gasteiger partial charge is 0.640 e. The Kier molecular flexibility index (Phi) is 8.33. The van der Waals surface area contributed by atoms with E-state index >= 15 is 0 Å². The number of ether oxygens (including phenoxy) is 1. The fourth-order valence-corrected chi connectivity index (χ4v) is 5.98. The molecule has 2 saturated heterocycles. The summed E-state index contributed by atoms with van der Waals surface area (Å²) in [7, 11) is 0. The van der Waals surface area contributed by atoms with Gasteiger partial charge in [0.25, 0.3) is 5.60 Å². The molecule has 236 valence electrons. The van der Waals surface area contributed by atoms with Crippen LogP contribution in [-0.4, -0.2) is 90.7 Å². The van der Waals surface area contributed by atoms with Crippen LogP contribution in [0.2, 0.25) is 0 Å². The third-order valence-electron chi connectivity index (χ3n) is 8.47. The van der Waals surface area contributed by atoms with Crippen LogP contribution in [0.15, 0.2) is 30.5 Å². The lowest BCUT2D eigenvalue weighted by atomic mass is 9.91. The SMILES string of the molecule is CCCc1cc(C(O)(C(F)(F)F)C(F)(F)F)ncc1N1CCN(C(=O)CN2C[N-]C(C)(c3ccc4c(c3)CCO4)C2)CC1. The number of aryl methyl sites for hydroxylation is 1. The van der Waals surface area contributed by atoms with Gasteiger partial charge in [-0.1, -0.05) is 50.2 Å². The minimum Gasteiger partial charge on any atom is -0.640 e. The van der Waals surface area contributed by atoms with Crippen molar-refractivity contribution in [3.8, 4) is 5.75 Å². The van der Waals surface area contributed by atoms with Gasteiger partial charge in [0.2, 0.25) is 5.91 Å². The number of rotatable bonds is 7. The summed E-state index contributed by atoms with van der Waals surface area (Å²) in [5, 5.41) is 14.6. The lowest BCUT2D eigenvalue weighted by molar-refractivity contribution is -0.377. The zero-order chi connectivity index (χ0) is 31.2. The van der Waals surface area contributed by atoms with E-state index < -0.39 is 29.2 Å². The summed E-state index contributed by atoms with van der Waals surface area (Å²) in [6.07, 6.45) is -9.57. The van der Waals surface area contributed by atoms with Gasteiger partial charge in [0.15, 0.2) is 0 Å². The van der Waals surface area contributed by atoms with Gasteiger partial charge < -0.3 is 29.9 Å². The van der Waals surface area contributed by atoms with Crippen LogP contribution < -0.4 is 9.64 Å². The number of alkyl halides is 6. The van der Waals surface area contributed by atoms with Crippen molar-refractivity contribution in [3.63, 3.8) is 0 Å². The summed E-state index contributed by atoms with van der Waals surface area (Å²) < 4.78 is 86.2. The molecule has 2 fully saturated rings. The first-order valence-electron chi connectivity index (χ1n) is 14.2. The van der Waals surface area contributed by atoms with Crippen molar-refractivity contribution in [2.24, 2.45) is 0 Å². The summed E-state index contributed by atoms with van der Waals surface area (Å²) >= 11 is 0. The molecule has 1 N–H and O–H groups in total. The second-order valence-corrected chi connectivity index (χ2v) is 11.5. The molecule has 4 heterocycles. The lowest BCUT2D eigenvalue weighted by Gasteiger charge is -2.38. The van der Waals surface area contributed by atoms with Crippen LogP contribution in [0.25, 0.3) is 5.32 Å². The van der Waals surface area contributed by atoms with Crippen LogP contribution in [0.3, 0.4) is 0 Å². The van der Waals surface area contributed by atoms with Crippen molar-refractivity contribution in [1.82, 2.24) is 14.8 Å². The number of hydrogen-bond acceptors (Lipinski definition) is 6. The van der Waals surface area contributed by atoms with Gasteiger partial charge in [0.1, 0.15) is 5.75 Å². The highest BCUT2D eigenvalue weighted by Gasteiger charge is 2.72. The second kappa shape index (κ2) is 11.4. The fourth-order valence-electron chi connectivity index (χ4n) is 5.98. The Hall–Kier alpha value is -3.10. The number of pyridine rings is 1. The summed E-state index contributed by atoms with van der Waals surface area (Å²) in [5.74, 6) is 0.818. The van der Waals surface area contributed by atoms with Gasteiger partial charge in [-0.15, -0.1) is 0 Å². The quantitative estimate of drug-likeness (QED) is 0.463. The lowest BCUT2D eigenvalue weighted by Crippen LogP contribution is -2.54. The number of hydrogen-bond donors (Lipinski definition) is 1. The van der Waals surface area contributed by atoms with Gasteiger partial charge in [-0.25, -0.2) is 0 Å². The predicted molar refractivity (Wildman–Crippen MR) is 146 cm³/mol. The molecule has 0 radical (unpaired) electrons. The number of aromatic nitrogens is 1. The molecule has 1 aromatic heterocycles. The average molecular weight is 615 g/mol. The number of nitrogens with zero attached hydrogens (tertiary/aromatic N) is 5. The average Bonchev–Trinajstić information content (AvgIpc) is 3.58. The highest BCUT2D eigenvalue weighted by Crippen LogP contribution is 2.50. The normalized spacial score (nSPS) is 21.7. The maximum atomic E-state index is 13.4. The summed E-state index contributed by atoms with van der Waals surface area (Å²) in [4.78, 5) is 22.1. The van der Waals surface area contributed by atoms with Crippen LogP contribution >= 0.6 is 0 Å². The highest BCUT2D eigenvalue weighted by molar-refractivity contribution is 5.78. The van der Waals surface area contributed by atoms with Crippen LogP contribution in [0, 0.1) is 0 Å². The van der Waals surface area contributed by atoms with Crippen LogP contribution in [-0.2, 0) is 28.8 Å². The van der Waals surface area contributed by atoms with E-state index in [0.717, 1.165) is 29.5 Å². The minimum atomic E-state index is -6.01. The zero-order valence-corrected chi connectivity index (χ0v) is 23.9. The molecule has 3 aliphatic heterocycles. The van der Waals surface area contributed by atoms with Crippen molar-refractivity contribution in [3.05, 3.63) is 58.2 Å². The third-order valence-corrected chi connectivity index (χ3v) is 8.47. The Morgan fingerprint density at radius 2 is 1.79 bits per heavy atom. The van der Waals surface area contributed by atoms with E-state index in [9.17, 15) is 36.2 Å². The van der Waals surface area contributed by atoms with E-state index in [1.54, 1.807) is 16.7 Å². The van der Waals surface area contributed by atoms with Crippen LogP contribution in [0.5, 0.6) is 5.75 Å². The Labute approximate surface area is 245 Å². The standard InChI is InChI=1S/C29H34F6N5O3/c1-3-4-19-14-24(27(42,28(30,31)32)29(33,34)35)36-15-22(19)39-8-10-40(11-9-39)25(41)16-38-17-26(2,37-18-38)21-5-6-23-20(13-21)7-12-43-23/h5-6,13-15,42H,3-4,7-12,16-18H2,1-2H3/q-1. The molecule has 1 atom stereocenters. The molecule has 8 nitrogen and oxygen atoms in total. The fraction of sp³-hybridized carbons (Fsp3) is 0.586. The van der Waals surface area contributed by atoms with Crippen LogP contribution in [0.4, 0.5) is 32.0 Å². The first-order chi connectivity index (χ1) is 20.2. The van der Waals surface area contributed by atoms with Crippen molar-refractivity contribution < 1.29 is 41.0 Å². The number of amides is 1. The van der Waals surface area contributed by atoms with Gasteiger partial charge >= 0.3 is 12.4 Å². The molecular formula is C29H34F6N5O3-. The Morgan fingerprint density at radius 1 is 1.09 bits per heavy atom. The van der Waals surface area contributed by atoms with Gasteiger partial charge in [0.05, 0.1) is 30.7 Å². The first kappa shape index (κ1) is 31.3. The minimum absolute atomic E-state index is 0.0795. The maximum absolute atomic E-state index is 13.4. The number of carbonyl (C=O) groups is 1. The van der Waals surface area contributed by atoms with Crippen molar-refractivity contribution in [2.75, 3.05) is 57.4 Å². The van der Waals surface area contributed by atoms with E-state index in [0.29, 0.717) is 64.2 Å². The van der Waals surface area contributed by atoms with Crippen molar-refractivity contribution >= 4 is 11.6 Å². The topological polar surface area (TPSA) is 83.2 Å². The Morgan fingerprint density at radius 3 is 2.44 bits per heavy atom. The first-order valence-corrected chi connectivity index (χ1v) is 14.2. The number of fused-ring (bicyclic) bond motifs is 1. The molecule has 2 aromatic rings. The molecule has 14 heteroatoms. The number of benzene rings is 1. The van der Waals surface area contributed by atoms with Gasteiger partial charge in [0, 0.05) is 32.6 Å². The van der Waals surface area contributed by atoms with E-state index in [2.05, 4.69) is 11.1 Å². The van der Waals surface area contributed by atoms with Gasteiger partial charge in [-0.3, -0.25) is 9.78 Å². The summed E-state index contributed by atoms with van der Waals surface area (Å²) in [6, 6.07) is 6.79. The molecule has 0 spiro atoms. The number of halogens is 6. The maximum Gasteiger partial charge on any atom is 0.432 e. The Bertz CT molecular complexity index is 1330. The summed E-state index contributed by atoms with van der Waals surface area (Å²) in [6.45, 7) is 6.94. The van der Waals surface area contributed by atoms with E-state index in [4.69, 9.17) is 10.1 Å². The second-order valence-electron chi connectivity index (χ2n) is 11.5. The van der Waals surface area contributed by atoms with Crippen LogP contribution in [0.1, 0.15) is 42.7 Å². The molecule has 1 amide bonds. The molecule has 1 unspecified atom stereocenters. The van der Waals surface area contributed by atoms with E-state index in [-0.39, 0.29) is 24.4 Å². The molecule has 3 aliphatic rings. The van der Waals surface area contributed by atoms with E-state index in [1.165, 1.54) is 0 Å². The monoisotopic (exact) mass is 614 g/mol. The molecule has 5 rings (SSSR count). The van der Waals surface area contributed by atoms with Crippen molar-refractivity contribution in [1.29, 1.82) is 0 Å². The molecule has 0 aliphatic carbocycles. The molecule has 0 saturated carbocycles. The molecule has 0 bridgehead atoms. The van der Waals surface area contributed by atoms with Crippen molar-refractivity contribution in [2.45, 2.75) is 56.6 Å². The number of carbonyl (C=O) groups excluding carboxylic acids is 1. The predicted octanol–water partition coefficient (Wildman–Crippen LogP) is 4.49. The third kappa shape index (κ3) is 5.88. The number of aliphatic hydroxyl groups is 1. The number of piperazine rings is 1. The molecule has 1 aromatic carbocycles. The van der Waals surface area contributed by atoms with E-state index in [1.807, 2.05) is 24.0 Å². The molecular weight excluding hydrogens is 580 g/mol.